The van der Waals surface area contributed by atoms with Crippen LogP contribution in [0.15, 0.2) is 24.3 Å². The van der Waals surface area contributed by atoms with E-state index in [9.17, 15) is 5.11 Å². The Morgan fingerprint density at radius 2 is 2.13 bits per heavy atom. The highest BCUT2D eigenvalue weighted by Gasteiger charge is 2.04. The number of benzene rings is 1. The molecule has 0 spiro atoms. The van der Waals surface area contributed by atoms with Crippen LogP contribution in [0.2, 0.25) is 0 Å². The highest BCUT2D eigenvalue weighted by atomic mass is 35.5. The summed E-state index contributed by atoms with van der Waals surface area (Å²) in [5, 5.41) is 9.24. The van der Waals surface area contributed by atoms with Gasteiger partial charge in [-0.3, -0.25) is 0 Å². The Kier molecular flexibility index (Phi) is 4.92. The molecule has 0 aliphatic rings. The van der Waals surface area contributed by atoms with E-state index >= 15 is 0 Å². The average Bonchev–Trinajstić information content (AvgIpc) is 2.26. The van der Waals surface area contributed by atoms with E-state index in [1.54, 1.807) is 0 Å². The van der Waals surface area contributed by atoms with Crippen molar-refractivity contribution in [3.63, 3.8) is 0 Å². The number of aliphatic hydroxyl groups is 1. The van der Waals surface area contributed by atoms with E-state index in [0.717, 1.165) is 5.75 Å². The van der Waals surface area contributed by atoms with Crippen molar-refractivity contribution in [3.05, 3.63) is 29.8 Å². The fraction of sp³-hybridized carbons (Fsp3) is 0.500. The number of alkyl halides is 1. The van der Waals surface area contributed by atoms with Crippen molar-refractivity contribution in [2.75, 3.05) is 12.5 Å². The summed E-state index contributed by atoms with van der Waals surface area (Å²) in [5.74, 6) is 1.46. The zero-order chi connectivity index (χ0) is 11.3. The highest BCUT2D eigenvalue weighted by Crippen LogP contribution is 2.20. The van der Waals surface area contributed by atoms with Gasteiger partial charge in [0, 0.05) is 0 Å². The maximum absolute atomic E-state index is 9.24. The molecule has 0 radical (unpaired) electrons. The second-order valence-electron chi connectivity index (χ2n) is 3.85. The van der Waals surface area contributed by atoms with Crippen LogP contribution in [-0.2, 0) is 0 Å². The fourth-order valence-corrected chi connectivity index (χ4v) is 1.29. The lowest BCUT2D eigenvalue weighted by molar-refractivity contribution is 0.125. The number of rotatable bonds is 5. The van der Waals surface area contributed by atoms with Gasteiger partial charge in [0.15, 0.2) is 0 Å². The molecule has 3 heteroatoms. The van der Waals surface area contributed by atoms with E-state index in [1.165, 1.54) is 5.56 Å². The highest BCUT2D eigenvalue weighted by molar-refractivity contribution is 6.18. The first kappa shape index (κ1) is 12.3. The molecular weight excluding hydrogens is 212 g/mol. The Hall–Kier alpha value is -0.730. The molecule has 1 N–H and O–H groups in total. The fourth-order valence-electron chi connectivity index (χ4n) is 1.20. The number of aliphatic hydroxyl groups excluding tert-OH is 1. The Labute approximate surface area is 95.8 Å². The average molecular weight is 229 g/mol. The molecule has 0 heterocycles. The molecule has 1 atom stereocenters. The molecule has 0 aliphatic heterocycles. The van der Waals surface area contributed by atoms with Crippen molar-refractivity contribution in [1.29, 1.82) is 0 Å². The summed E-state index contributed by atoms with van der Waals surface area (Å²) in [6.07, 6.45) is -0.602. The van der Waals surface area contributed by atoms with Crippen molar-refractivity contribution >= 4 is 11.6 Å². The molecule has 1 unspecified atom stereocenters. The van der Waals surface area contributed by atoms with Crippen LogP contribution in [0.5, 0.6) is 5.75 Å². The molecule has 1 aromatic rings. The zero-order valence-corrected chi connectivity index (χ0v) is 9.87. The van der Waals surface area contributed by atoms with Crippen LogP contribution in [0, 0.1) is 0 Å². The SMILES string of the molecule is CC(C)c1cccc(OCC(O)CCl)c1. The quantitative estimate of drug-likeness (QED) is 0.786. The summed E-state index contributed by atoms with van der Waals surface area (Å²) >= 11 is 5.47. The lowest BCUT2D eigenvalue weighted by Gasteiger charge is -2.11. The van der Waals surface area contributed by atoms with E-state index in [4.69, 9.17) is 16.3 Å². The minimum absolute atomic E-state index is 0.198. The van der Waals surface area contributed by atoms with Gasteiger partial charge in [0.25, 0.3) is 0 Å². The molecule has 1 aromatic carbocycles. The van der Waals surface area contributed by atoms with Crippen LogP contribution in [0.3, 0.4) is 0 Å². The maximum atomic E-state index is 9.24. The Bertz CT molecular complexity index is 299. The van der Waals surface area contributed by atoms with E-state index in [1.807, 2.05) is 18.2 Å². The van der Waals surface area contributed by atoms with Crippen molar-refractivity contribution in [2.45, 2.75) is 25.9 Å². The van der Waals surface area contributed by atoms with Gasteiger partial charge in [-0.25, -0.2) is 0 Å². The molecule has 84 valence electrons. The summed E-state index contributed by atoms with van der Waals surface area (Å²) in [6, 6.07) is 7.89. The van der Waals surface area contributed by atoms with Crippen LogP contribution in [-0.4, -0.2) is 23.7 Å². The van der Waals surface area contributed by atoms with Gasteiger partial charge in [0.05, 0.1) is 5.88 Å². The van der Waals surface area contributed by atoms with Gasteiger partial charge in [-0.2, -0.15) is 0 Å². The van der Waals surface area contributed by atoms with E-state index in [-0.39, 0.29) is 12.5 Å². The van der Waals surface area contributed by atoms with Gasteiger partial charge >= 0.3 is 0 Å². The molecule has 0 saturated carbocycles. The summed E-state index contributed by atoms with van der Waals surface area (Å²) in [6.45, 7) is 4.50. The normalized spacial score (nSPS) is 12.9. The zero-order valence-electron chi connectivity index (χ0n) is 9.11. The van der Waals surface area contributed by atoms with Crippen molar-refractivity contribution < 1.29 is 9.84 Å². The third kappa shape index (κ3) is 4.10. The summed E-state index contributed by atoms with van der Waals surface area (Å²) in [5.41, 5.74) is 1.23. The van der Waals surface area contributed by atoms with E-state index in [2.05, 4.69) is 19.9 Å². The van der Waals surface area contributed by atoms with Gasteiger partial charge in [-0.1, -0.05) is 26.0 Å². The monoisotopic (exact) mass is 228 g/mol. The van der Waals surface area contributed by atoms with Crippen molar-refractivity contribution in [1.82, 2.24) is 0 Å². The van der Waals surface area contributed by atoms with Crippen LogP contribution < -0.4 is 4.74 Å². The lowest BCUT2D eigenvalue weighted by Crippen LogP contribution is -2.18. The molecule has 0 saturated heterocycles. The largest absolute Gasteiger partial charge is 0.491 e. The minimum atomic E-state index is -0.602. The van der Waals surface area contributed by atoms with Crippen LogP contribution in [0.4, 0.5) is 0 Å². The van der Waals surface area contributed by atoms with Gasteiger partial charge in [0.2, 0.25) is 0 Å². The van der Waals surface area contributed by atoms with Gasteiger partial charge in [-0.15, -0.1) is 11.6 Å². The van der Waals surface area contributed by atoms with Crippen LogP contribution in [0.25, 0.3) is 0 Å². The van der Waals surface area contributed by atoms with Gasteiger partial charge < -0.3 is 9.84 Å². The van der Waals surface area contributed by atoms with Gasteiger partial charge in [0.1, 0.15) is 18.5 Å². The molecular formula is C12H17ClO2. The van der Waals surface area contributed by atoms with E-state index < -0.39 is 6.10 Å². The Morgan fingerprint density at radius 3 is 2.73 bits per heavy atom. The third-order valence-corrected chi connectivity index (χ3v) is 2.50. The topological polar surface area (TPSA) is 29.5 Å². The summed E-state index contributed by atoms with van der Waals surface area (Å²) in [7, 11) is 0. The minimum Gasteiger partial charge on any atom is -0.491 e. The Balaban J connectivity index is 2.58. The molecule has 0 fully saturated rings. The number of hydrogen-bond acceptors (Lipinski definition) is 2. The standard InChI is InChI=1S/C12H17ClO2/c1-9(2)10-4-3-5-12(6-10)15-8-11(14)7-13/h3-6,9,11,14H,7-8H2,1-2H3. The molecule has 2 nitrogen and oxygen atoms in total. The molecule has 0 amide bonds. The van der Waals surface area contributed by atoms with Crippen molar-refractivity contribution in [3.8, 4) is 5.75 Å². The Morgan fingerprint density at radius 1 is 1.40 bits per heavy atom. The first-order chi connectivity index (χ1) is 7.13. The molecule has 15 heavy (non-hydrogen) atoms. The summed E-state index contributed by atoms with van der Waals surface area (Å²) < 4.78 is 5.42. The number of halogens is 1. The third-order valence-electron chi connectivity index (χ3n) is 2.15. The lowest BCUT2D eigenvalue weighted by atomic mass is 10.0. The first-order valence-corrected chi connectivity index (χ1v) is 5.63. The predicted molar refractivity (Wildman–Crippen MR) is 62.8 cm³/mol. The molecule has 0 bridgehead atoms. The predicted octanol–water partition coefficient (Wildman–Crippen LogP) is 2.79. The van der Waals surface area contributed by atoms with Crippen LogP contribution >= 0.6 is 11.6 Å². The van der Waals surface area contributed by atoms with Gasteiger partial charge in [-0.05, 0) is 23.6 Å². The smallest absolute Gasteiger partial charge is 0.119 e. The first-order valence-electron chi connectivity index (χ1n) is 5.10. The summed E-state index contributed by atoms with van der Waals surface area (Å²) in [4.78, 5) is 0. The van der Waals surface area contributed by atoms with Crippen LogP contribution in [0.1, 0.15) is 25.3 Å². The second kappa shape index (κ2) is 5.99. The molecule has 1 rings (SSSR count). The second-order valence-corrected chi connectivity index (χ2v) is 4.15. The number of ether oxygens (including phenoxy) is 1. The molecule has 0 aliphatic carbocycles. The molecule has 0 aromatic heterocycles. The number of hydrogen-bond donors (Lipinski definition) is 1. The maximum Gasteiger partial charge on any atom is 0.119 e. The van der Waals surface area contributed by atoms with Crippen molar-refractivity contribution in [2.24, 2.45) is 0 Å². The van der Waals surface area contributed by atoms with E-state index in [0.29, 0.717) is 5.92 Å².